The lowest BCUT2D eigenvalue weighted by molar-refractivity contribution is 0.0717. The molecule has 0 saturated heterocycles. The van der Waals surface area contributed by atoms with E-state index in [1.54, 1.807) is 24.3 Å². The molecule has 0 aromatic heterocycles. The van der Waals surface area contributed by atoms with Crippen molar-refractivity contribution in [2.45, 2.75) is 18.6 Å². The first-order valence-electron chi connectivity index (χ1n) is 9.87. The smallest absolute Gasteiger partial charge is 0.255 e. The Bertz CT molecular complexity index is 1040. The fraction of sp³-hybridized carbons (Fsp3) is 0.208. The third-order valence-corrected chi connectivity index (χ3v) is 5.62. The highest BCUT2D eigenvalue weighted by molar-refractivity contribution is 6.31. The minimum atomic E-state index is -0.902. The molecule has 0 spiro atoms. The third-order valence-electron chi connectivity index (χ3n) is 5.38. The third kappa shape index (κ3) is 4.19. The molecule has 0 radical (unpaired) electrons. The molecule has 1 aliphatic rings. The summed E-state index contributed by atoms with van der Waals surface area (Å²) >= 11 is 5.98. The van der Waals surface area contributed by atoms with Crippen molar-refractivity contribution in [2.24, 2.45) is 0 Å². The second kappa shape index (κ2) is 8.88. The summed E-state index contributed by atoms with van der Waals surface area (Å²) in [4.78, 5) is 14.6. The van der Waals surface area contributed by atoms with Gasteiger partial charge in [0.25, 0.3) is 5.91 Å². The van der Waals surface area contributed by atoms with Crippen LogP contribution in [0.5, 0.6) is 0 Å². The molecule has 0 saturated carbocycles. The van der Waals surface area contributed by atoms with E-state index in [9.17, 15) is 15.0 Å². The molecule has 2 atom stereocenters. The molecule has 3 aromatic rings. The zero-order valence-corrected chi connectivity index (χ0v) is 17.1. The van der Waals surface area contributed by atoms with Crippen molar-refractivity contribution in [3.8, 4) is 0 Å². The predicted molar refractivity (Wildman–Crippen MR) is 119 cm³/mol. The molecule has 4 rings (SSSR count). The van der Waals surface area contributed by atoms with Gasteiger partial charge < -0.3 is 20.4 Å². The lowest BCUT2D eigenvalue weighted by Gasteiger charge is -2.33. The molecule has 5 nitrogen and oxygen atoms in total. The van der Waals surface area contributed by atoms with E-state index in [1.807, 2.05) is 48.5 Å². The molecule has 0 aliphatic carbocycles. The maximum absolute atomic E-state index is 12.5. The van der Waals surface area contributed by atoms with Crippen molar-refractivity contribution in [1.29, 1.82) is 0 Å². The minimum absolute atomic E-state index is 0.217. The number of rotatable bonds is 6. The van der Waals surface area contributed by atoms with Crippen molar-refractivity contribution in [3.63, 3.8) is 0 Å². The molecular weight excluding hydrogens is 400 g/mol. The van der Waals surface area contributed by atoms with Gasteiger partial charge in [-0.25, -0.2) is 0 Å². The predicted octanol–water partition coefficient (Wildman–Crippen LogP) is 4.05. The Morgan fingerprint density at radius 3 is 2.60 bits per heavy atom. The van der Waals surface area contributed by atoms with Crippen LogP contribution in [0.2, 0.25) is 5.02 Å². The monoisotopic (exact) mass is 422 g/mol. The first-order chi connectivity index (χ1) is 14.6. The Labute approximate surface area is 180 Å². The Kier molecular flexibility index (Phi) is 6.04. The molecule has 0 fully saturated rings. The molecule has 1 aliphatic heterocycles. The van der Waals surface area contributed by atoms with Crippen LogP contribution >= 0.6 is 11.6 Å². The van der Waals surface area contributed by atoms with Crippen LogP contribution in [0, 0.1) is 0 Å². The Hall–Kier alpha value is -2.86. The number of nitrogens with one attached hydrogen (secondary N) is 1. The topological polar surface area (TPSA) is 72.8 Å². The average Bonchev–Trinajstić information content (AvgIpc) is 3.17. The Morgan fingerprint density at radius 2 is 1.87 bits per heavy atom. The maximum atomic E-state index is 12.5. The lowest BCUT2D eigenvalue weighted by Crippen LogP contribution is -2.37. The van der Waals surface area contributed by atoms with Crippen molar-refractivity contribution in [2.75, 3.05) is 23.4 Å². The van der Waals surface area contributed by atoms with Crippen molar-refractivity contribution < 1.29 is 15.0 Å². The van der Waals surface area contributed by atoms with E-state index in [2.05, 4.69) is 10.2 Å². The summed E-state index contributed by atoms with van der Waals surface area (Å²) in [6, 6.07) is 22.0. The van der Waals surface area contributed by atoms with E-state index < -0.39 is 6.10 Å². The van der Waals surface area contributed by atoms with E-state index >= 15 is 0 Å². The summed E-state index contributed by atoms with van der Waals surface area (Å²) in [5.41, 5.74) is 4.24. The largest absolute Gasteiger partial charge is 0.394 e. The highest BCUT2D eigenvalue weighted by atomic mass is 35.5. The molecule has 1 heterocycles. The molecule has 154 valence electrons. The maximum Gasteiger partial charge on any atom is 0.255 e. The lowest BCUT2D eigenvalue weighted by atomic mass is 9.99. The molecule has 0 bridgehead atoms. The molecule has 6 heteroatoms. The van der Waals surface area contributed by atoms with Crippen LogP contribution < -0.4 is 10.2 Å². The van der Waals surface area contributed by atoms with Crippen LogP contribution in [0.4, 0.5) is 11.4 Å². The van der Waals surface area contributed by atoms with Gasteiger partial charge in [-0.15, -0.1) is 0 Å². The van der Waals surface area contributed by atoms with Crippen molar-refractivity contribution >= 4 is 28.9 Å². The molecule has 3 N–H and O–H groups in total. The summed E-state index contributed by atoms with van der Waals surface area (Å²) < 4.78 is 0. The number of fused-ring (bicyclic) bond motifs is 1. The number of benzene rings is 3. The second-order valence-corrected chi connectivity index (χ2v) is 7.79. The van der Waals surface area contributed by atoms with E-state index in [0.29, 0.717) is 16.3 Å². The van der Waals surface area contributed by atoms with Gasteiger partial charge in [0.15, 0.2) is 0 Å². The Morgan fingerprint density at radius 1 is 1.07 bits per heavy atom. The summed E-state index contributed by atoms with van der Waals surface area (Å²) in [7, 11) is 0. The molecular formula is C24H23ClN2O3. The van der Waals surface area contributed by atoms with Gasteiger partial charge in [0, 0.05) is 28.5 Å². The number of anilines is 2. The highest BCUT2D eigenvalue weighted by Gasteiger charge is 2.32. The quantitative estimate of drug-likeness (QED) is 0.560. The number of hydrogen-bond donors (Lipinski definition) is 3. The number of aliphatic hydroxyl groups is 2. The van der Waals surface area contributed by atoms with E-state index in [-0.39, 0.29) is 18.6 Å². The van der Waals surface area contributed by atoms with Gasteiger partial charge in [0.1, 0.15) is 6.10 Å². The van der Waals surface area contributed by atoms with Crippen LogP contribution in [0.3, 0.4) is 0 Å². The van der Waals surface area contributed by atoms with Crippen LogP contribution in [0.15, 0.2) is 72.8 Å². The number of aliphatic hydroxyl groups excluding tert-OH is 2. The standard InChI is InChI=1S/C24H23ClN2O3/c25-19-8-4-7-18(13-19)24(30)26-20-9-10-21-17(14-20)11-12-27(21)23(22(29)15-28)16-5-2-1-3-6-16/h1-10,13-14,22-23,28-29H,11-12,15H2,(H,26,30)/t22-,23+/m1/s1. The Balaban J connectivity index is 1.58. The SMILES string of the molecule is O=C(Nc1ccc2c(c1)CCN2[C@@H](c1ccccc1)[C@H](O)CO)c1cccc(Cl)c1. The molecule has 3 aromatic carbocycles. The van der Waals surface area contributed by atoms with Gasteiger partial charge in [0.05, 0.1) is 12.6 Å². The van der Waals surface area contributed by atoms with Crippen molar-refractivity contribution in [1.82, 2.24) is 0 Å². The first kappa shape index (κ1) is 20.4. The molecule has 0 unspecified atom stereocenters. The van der Waals surface area contributed by atoms with Gasteiger partial charge in [-0.05, 0) is 53.9 Å². The van der Waals surface area contributed by atoms with Gasteiger partial charge >= 0.3 is 0 Å². The number of hydrogen-bond acceptors (Lipinski definition) is 4. The number of halogens is 1. The van der Waals surface area contributed by atoms with Gasteiger partial charge in [-0.2, -0.15) is 0 Å². The fourth-order valence-electron chi connectivity index (χ4n) is 3.99. The molecule has 30 heavy (non-hydrogen) atoms. The van der Waals surface area contributed by atoms with Gasteiger partial charge in [-0.1, -0.05) is 48.0 Å². The van der Waals surface area contributed by atoms with Crippen LogP contribution in [-0.2, 0) is 6.42 Å². The van der Waals surface area contributed by atoms with E-state index in [1.165, 1.54) is 0 Å². The molecule has 1 amide bonds. The average molecular weight is 423 g/mol. The fourth-order valence-corrected chi connectivity index (χ4v) is 4.18. The first-order valence-corrected chi connectivity index (χ1v) is 10.2. The normalized spacial score (nSPS) is 14.8. The summed E-state index contributed by atoms with van der Waals surface area (Å²) in [5, 5.41) is 23.6. The number of amides is 1. The summed E-state index contributed by atoms with van der Waals surface area (Å²) in [6.07, 6.45) is -0.113. The second-order valence-electron chi connectivity index (χ2n) is 7.36. The zero-order chi connectivity index (χ0) is 21.1. The van der Waals surface area contributed by atoms with Crippen LogP contribution in [0.25, 0.3) is 0 Å². The van der Waals surface area contributed by atoms with Gasteiger partial charge in [-0.3, -0.25) is 4.79 Å². The number of carbonyl (C=O) groups excluding carboxylic acids is 1. The van der Waals surface area contributed by atoms with E-state index in [4.69, 9.17) is 11.6 Å². The number of carbonyl (C=O) groups is 1. The number of nitrogens with zero attached hydrogens (tertiary/aromatic N) is 1. The van der Waals surface area contributed by atoms with Crippen LogP contribution in [0.1, 0.15) is 27.5 Å². The van der Waals surface area contributed by atoms with Gasteiger partial charge in [0.2, 0.25) is 0 Å². The van der Waals surface area contributed by atoms with Crippen LogP contribution in [-0.4, -0.2) is 35.4 Å². The minimum Gasteiger partial charge on any atom is -0.394 e. The summed E-state index contributed by atoms with van der Waals surface area (Å²) in [6.45, 7) is 0.400. The zero-order valence-electron chi connectivity index (χ0n) is 16.3. The summed E-state index contributed by atoms with van der Waals surface area (Å²) in [5.74, 6) is -0.217. The highest BCUT2D eigenvalue weighted by Crippen LogP contribution is 2.38. The van der Waals surface area contributed by atoms with E-state index in [0.717, 1.165) is 29.8 Å². The van der Waals surface area contributed by atoms with Crippen molar-refractivity contribution in [3.05, 3.63) is 94.5 Å².